The normalized spacial score (nSPS) is 17.1. The molecule has 3 N–H and O–H groups in total. The van der Waals surface area contributed by atoms with Crippen LogP contribution in [0.5, 0.6) is 0 Å². The van der Waals surface area contributed by atoms with E-state index in [0.29, 0.717) is 24.9 Å². The van der Waals surface area contributed by atoms with E-state index in [1.54, 1.807) is 18.2 Å². The van der Waals surface area contributed by atoms with E-state index in [-0.39, 0.29) is 4.90 Å². The summed E-state index contributed by atoms with van der Waals surface area (Å²) >= 11 is 0. The predicted molar refractivity (Wildman–Crippen MR) is 79.1 cm³/mol. The maximum Gasteiger partial charge on any atom is 0.240 e. The summed E-state index contributed by atoms with van der Waals surface area (Å²) in [4.78, 5) is 0.123. The summed E-state index contributed by atoms with van der Waals surface area (Å²) in [5.41, 5.74) is 0.530. The van der Waals surface area contributed by atoms with E-state index in [4.69, 9.17) is 9.88 Å². The zero-order chi connectivity index (χ0) is 14.4. The first-order valence-corrected chi connectivity index (χ1v) is 8.59. The Balaban J connectivity index is 1.82. The van der Waals surface area contributed by atoms with Gasteiger partial charge in [0.1, 0.15) is 4.90 Å². The van der Waals surface area contributed by atoms with Gasteiger partial charge in [-0.25, -0.2) is 13.6 Å². The number of sulfonamides is 1. The fourth-order valence-corrected chi connectivity index (χ4v) is 3.22. The lowest BCUT2D eigenvalue weighted by Crippen LogP contribution is -2.21. The molecule has 1 aliphatic rings. The Morgan fingerprint density at radius 2 is 1.90 bits per heavy atom. The zero-order valence-electron chi connectivity index (χ0n) is 11.5. The van der Waals surface area contributed by atoms with E-state index in [1.807, 2.05) is 0 Å². The molecule has 0 radical (unpaired) electrons. The van der Waals surface area contributed by atoms with Crippen molar-refractivity contribution in [2.75, 3.05) is 18.5 Å². The smallest absolute Gasteiger partial charge is 0.240 e. The van der Waals surface area contributed by atoms with Crippen LogP contribution in [0.15, 0.2) is 29.2 Å². The average Bonchev–Trinajstić information content (AvgIpc) is 2.44. The van der Waals surface area contributed by atoms with Crippen LogP contribution in [0.2, 0.25) is 0 Å². The Bertz CT molecular complexity index is 525. The summed E-state index contributed by atoms with van der Waals surface area (Å²) in [6.45, 7) is 1.15. The number of nitrogens with two attached hydrogens (primary N) is 1. The summed E-state index contributed by atoms with van der Waals surface area (Å²) in [6, 6.07) is 6.64. The van der Waals surface area contributed by atoms with E-state index in [9.17, 15) is 8.42 Å². The number of para-hydroxylation sites is 1. The molecule has 6 heteroatoms. The third-order valence-electron chi connectivity index (χ3n) is 3.52. The van der Waals surface area contributed by atoms with Crippen LogP contribution >= 0.6 is 0 Å². The molecule has 0 saturated heterocycles. The largest absolute Gasteiger partial charge is 0.382 e. The SMILES string of the molecule is NS(=O)(=O)c1ccccc1NCCOC1CCCCC1. The molecular formula is C14H22N2O3S. The third kappa shape index (κ3) is 4.47. The molecule has 2 rings (SSSR count). The fourth-order valence-electron chi connectivity index (χ4n) is 2.50. The number of hydrogen-bond acceptors (Lipinski definition) is 4. The van der Waals surface area contributed by atoms with Crippen LogP contribution < -0.4 is 10.5 Å². The Labute approximate surface area is 120 Å². The summed E-state index contributed by atoms with van der Waals surface area (Å²) in [5, 5.41) is 8.25. The van der Waals surface area contributed by atoms with Gasteiger partial charge in [-0.05, 0) is 25.0 Å². The van der Waals surface area contributed by atoms with Gasteiger partial charge in [-0.2, -0.15) is 0 Å². The van der Waals surface area contributed by atoms with Crippen molar-refractivity contribution in [3.63, 3.8) is 0 Å². The molecule has 0 atom stereocenters. The van der Waals surface area contributed by atoms with Gasteiger partial charge >= 0.3 is 0 Å². The van der Waals surface area contributed by atoms with Crippen molar-refractivity contribution in [3.8, 4) is 0 Å². The van der Waals surface area contributed by atoms with E-state index < -0.39 is 10.0 Å². The van der Waals surface area contributed by atoms with Crippen LogP contribution in [-0.2, 0) is 14.8 Å². The molecule has 1 aliphatic carbocycles. The fraction of sp³-hybridized carbons (Fsp3) is 0.571. The molecule has 0 unspecified atom stereocenters. The molecule has 5 nitrogen and oxygen atoms in total. The molecule has 20 heavy (non-hydrogen) atoms. The summed E-state index contributed by atoms with van der Waals surface area (Å²) in [6.07, 6.45) is 6.42. The molecule has 0 heterocycles. The van der Waals surface area contributed by atoms with Crippen molar-refractivity contribution in [2.45, 2.75) is 43.1 Å². The quantitative estimate of drug-likeness (QED) is 0.788. The van der Waals surface area contributed by atoms with Gasteiger partial charge in [0.25, 0.3) is 0 Å². The van der Waals surface area contributed by atoms with Crippen LogP contribution in [0, 0.1) is 0 Å². The van der Waals surface area contributed by atoms with Crippen molar-refractivity contribution >= 4 is 15.7 Å². The van der Waals surface area contributed by atoms with Crippen molar-refractivity contribution in [1.82, 2.24) is 0 Å². The molecule has 1 saturated carbocycles. The lowest BCUT2D eigenvalue weighted by molar-refractivity contribution is 0.0347. The Hall–Kier alpha value is -1.11. The number of anilines is 1. The third-order valence-corrected chi connectivity index (χ3v) is 4.49. The van der Waals surface area contributed by atoms with Gasteiger partial charge in [0.2, 0.25) is 10.0 Å². The molecule has 1 fully saturated rings. The topological polar surface area (TPSA) is 81.4 Å². The first-order chi connectivity index (χ1) is 9.57. The Kier molecular flexibility index (Phi) is 5.39. The standard InChI is InChI=1S/C14H22N2O3S/c15-20(17,18)14-9-5-4-8-13(14)16-10-11-19-12-6-2-1-3-7-12/h4-5,8-9,12,16H,1-3,6-7,10-11H2,(H2,15,17,18). The molecule has 1 aromatic rings. The first kappa shape index (κ1) is 15.3. The summed E-state index contributed by atoms with van der Waals surface area (Å²) in [5.74, 6) is 0. The van der Waals surface area contributed by atoms with Crippen LogP contribution in [0.3, 0.4) is 0 Å². The minimum Gasteiger partial charge on any atom is -0.382 e. The van der Waals surface area contributed by atoms with Gasteiger partial charge in [0.05, 0.1) is 18.4 Å². The number of benzene rings is 1. The molecule has 0 spiro atoms. The van der Waals surface area contributed by atoms with Gasteiger partial charge in [0.15, 0.2) is 0 Å². The molecule has 0 amide bonds. The predicted octanol–water partition coefficient (Wildman–Crippen LogP) is 2.10. The van der Waals surface area contributed by atoms with E-state index in [2.05, 4.69) is 5.32 Å². The van der Waals surface area contributed by atoms with Crippen LogP contribution in [0.25, 0.3) is 0 Å². The maximum absolute atomic E-state index is 11.4. The number of primary sulfonamides is 1. The van der Waals surface area contributed by atoms with E-state index >= 15 is 0 Å². The van der Waals surface area contributed by atoms with Gasteiger partial charge in [-0.15, -0.1) is 0 Å². The molecule has 0 aromatic heterocycles. The van der Waals surface area contributed by atoms with Crippen LogP contribution in [0.1, 0.15) is 32.1 Å². The molecule has 112 valence electrons. The summed E-state index contributed by atoms with van der Waals surface area (Å²) in [7, 11) is -3.69. The van der Waals surface area contributed by atoms with Gasteiger partial charge in [-0.3, -0.25) is 0 Å². The highest BCUT2D eigenvalue weighted by Crippen LogP contribution is 2.21. The number of hydrogen-bond donors (Lipinski definition) is 2. The first-order valence-electron chi connectivity index (χ1n) is 7.04. The number of nitrogens with one attached hydrogen (secondary N) is 1. The van der Waals surface area contributed by atoms with Gasteiger partial charge < -0.3 is 10.1 Å². The average molecular weight is 298 g/mol. The Morgan fingerprint density at radius 1 is 1.20 bits per heavy atom. The summed E-state index contributed by atoms with van der Waals surface area (Å²) < 4.78 is 28.7. The van der Waals surface area contributed by atoms with Gasteiger partial charge in [0, 0.05) is 6.54 Å². The highest BCUT2D eigenvalue weighted by molar-refractivity contribution is 7.89. The Morgan fingerprint density at radius 3 is 2.60 bits per heavy atom. The second-order valence-corrected chi connectivity index (χ2v) is 6.63. The van der Waals surface area contributed by atoms with Crippen molar-refractivity contribution in [2.24, 2.45) is 5.14 Å². The van der Waals surface area contributed by atoms with Crippen LogP contribution in [-0.4, -0.2) is 27.7 Å². The zero-order valence-corrected chi connectivity index (χ0v) is 12.4. The lowest BCUT2D eigenvalue weighted by Gasteiger charge is -2.22. The number of rotatable bonds is 6. The van der Waals surface area contributed by atoms with Crippen molar-refractivity contribution in [1.29, 1.82) is 0 Å². The minimum atomic E-state index is -3.69. The molecule has 1 aromatic carbocycles. The molecular weight excluding hydrogens is 276 g/mol. The van der Waals surface area contributed by atoms with Crippen molar-refractivity contribution in [3.05, 3.63) is 24.3 Å². The monoisotopic (exact) mass is 298 g/mol. The van der Waals surface area contributed by atoms with Crippen LogP contribution in [0.4, 0.5) is 5.69 Å². The second-order valence-electron chi connectivity index (χ2n) is 5.10. The highest BCUT2D eigenvalue weighted by Gasteiger charge is 2.14. The number of ether oxygens (including phenoxy) is 1. The van der Waals surface area contributed by atoms with E-state index in [0.717, 1.165) is 12.8 Å². The maximum atomic E-state index is 11.4. The van der Waals surface area contributed by atoms with E-state index in [1.165, 1.54) is 25.3 Å². The molecule has 0 aliphatic heterocycles. The highest BCUT2D eigenvalue weighted by atomic mass is 32.2. The lowest BCUT2D eigenvalue weighted by atomic mass is 9.98. The minimum absolute atomic E-state index is 0.123. The second kappa shape index (κ2) is 7.06. The van der Waals surface area contributed by atoms with Gasteiger partial charge in [-0.1, -0.05) is 31.4 Å². The molecule has 0 bridgehead atoms. The van der Waals surface area contributed by atoms with Crippen molar-refractivity contribution < 1.29 is 13.2 Å².